The van der Waals surface area contributed by atoms with Gasteiger partial charge in [0.2, 0.25) is 5.76 Å². The van der Waals surface area contributed by atoms with Crippen LogP contribution < -0.4 is 0 Å². The van der Waals surface area contributed by atoms with Gasteiger partial charge in [-0.15, -0.1) is 0 Å². The number of rotatable bonds is 5. The summed E-state index contributed by atoms with van der Waals surface area (Å²) in [4.78, 5) is 11.7. The van der Waals surface area contributed by atoms with Gasteiger partial charge in [0.15, 0.2) is 24.4 Å². The predicted octanol–water partition coefficient (Wildman–Crippen LogP) is 0.542. The fourth-order valence-corrected chi connectivity index (χ4v) is 2.02. The third kappa shape index (κ3) is 2.83. The second-order valence-corrected chi connectivity index (χ2v) is 4.64. The van der Waals surface area contributed by atoms with Crippen LogP contribution in [-0.4, -0.2) is 51.6 Å². The van der Waals surface area contributed by atoms with Crippen LogP contribution in [0.1, 0.15) is 13.8 Å². The van der Waals surface area contributed by atoms with E-state index in [4.69, 9.17) is 28.4 Å². The molecular formula is C12H18O7. The first-order valence-electron chi connectivity index (χ1n) is 5.91. The highest BCUT2D eigenvalue weighted by atomic mass is 16.8. The summed E-state index contributed by atoms with van der Waals surface area (Å²) in [6.45, 7) is 3.88. The minimum Gasteiger partial charge on any atom is -0.487 e. The summed E-state index contributed by atoms with van der Waals surface area (Å²) in [5, 5.41) is 0. The Morgan fingerprint density at radius 1 is 1.37 bits per heavy atom. The molecule has 7 nitrogen and oxygen atoms in total. The normalized spacial score (nSPS) is 29.6. The smallest absolute Gasteiger partial charge is 0.378 e. The van der Waals surface area contributed by atoms with Crippen LogP contribution in [0.4, 0.5) is 0 Å². The van der Waals surface area contributed by atoms with Crippen LogP contribution in [0.2, 0.25) is 0 Å². The zero-order valence-electron chi connectivity index (χ0n) is 11.4. The number of methoxy groups -OCH3 is 2. The van der Waals surface area contributed by atoms with Crippen molar-refractivity contribution in [2.24, 2.45) is 0 Å². The molecule has 7 heteroatoms. The molecule has 2 heterocycles. The molecule has 2 rings (SSSR count). The second kappa shape index (κ2) is 5.36. The molecule has 0 spiro atoms. The molecule has 0 aromatic heterocycles. The van der Waals surface area contributed by atoms with Crippen molar-refractivity contribution in [1.29, 1.82) is 0 Å². The summed E-state index contributed by atoms with van der Waals surface area (Å²) >= 11 is 0. The molecule has 0 radical (unpaired) electrons. The highest BCUT2D eigenvalue weighted by Crippen LogP contribution is 2.33. The molecule has 2 aliphatic heterocycles. The van der Waals surface area contributed by atoms with E-state index in [1.807, 2.05) is 0 Å². The molecular weight excluding hydrogens is 256 g/mol. The summed E-state index contributed by atoms with van der Waals surface area (Å²) in [6, 6.07) is 0. The van der Waals surface area contributed by atoms with Gasteiger partial charge in [0, 0.05) is 7.11 Å². The van der Waals surface area contributed by atoms with E-state index < -0.39 is 24.0 Å². The molecule has 19 heavy (non-hydrogen) atoms. The lowest BCUT2D eigenvalue weighted by Gasteiger charge is -2.21. The van der Waals surface area contributed by atoms with Crippen LogP contribution in [0.15, 0.2) is 11.5 Å². The van der Waals surface area contributed by atoms with Crippen molar-refractivity contribution >= 4 is 5.97 Å². The zero-order valence-corrected chi connectivity index (χ0v) is 11.4. The maximum atomic E-state index is 11.7. The van der Waals surface area contributed by atoms with Crippen LogP contribution >= 0.6 is 0 Å². The molecule has 2 atom stereocenters. The summed E-state index contributed by atoms with van der Waals surface area (Å²) in [6.07, 6.45) is -1.11. The van der Waals surface area contributed by atoms with E-state index in [0.29, 0.717) is 6.61 Å². The first-order valence-corrected chi connectivity index (χ1v) is 5.91. The standard InChI is InChI=1S/C12H18O7/c1-12(2)17-5-7(19-12)8-9(16-6-14-3)10(15-4)11(13)18-8/h7-8H,5-6H2,1-4H3/t7-,8?/m0/s1. The van der Waals surface area contributed by atoms with Crippen molar-refractivity contribution in [1.82, 2.24) is 0 Å². The van der Waals surface area contributed by atoms with Crippen molar-refractivity contribution in [3.63, 3.8) is 0 Å². The SMILES string of the molecule is COCOC1=C(OC)C(=O)OC1[C@@H]1COC(C)(C)O1. The monoisotopic (exact) mass is 274 g/mol. The van der Waals surface area contributed by atoms with E-state index >= 15 is 0 Å². The van der Waals surface area contributed by atoms with Crippen LogP contribution in [0.5, 0.6) is 0 Å². The minimum absolute atomic E-state index is 0.00764. The van der Waals surface area contributed by atoms with Crippen molar-refractivity contribution in [2.45, 2.75) is 31.8 Å². The first kappa shape index (κ1) is 14.1. The number of cyclic esters (lactones) is 1. The highest BCUT2D eigenvalue weighted by Gasteiger charge is 2.47. The first-order chi connectivity index (χ1) is 8.98. The maximum absolute atomic E-state index is 11.7. The Morgan fingerprint density at radius 3 is 2.63 bits per heavy atom. The van der Waals surface area contributed by atoms with Gasteiger partial charge < -0.3 is 28.4 Å². The van der Waals surface area contributed by atoms with E-state index in [1.54, 1.807) is 13.8 Å². The third-order valence-corrected chi connectivity index (χ3v) is 2.81. The molecule has 1 fully saturated rings. The van der Waals surface area contributed by atoms with Gasteiger partial charge in [-0.1, -0.05) is 0 Å². The number of esters is 1. The Morgan fingerprint density at radius 2 is 2.11 bits per heavy atom. The molecule has 0 aromatic carbocycles. The number of hydrogen-bond donors (Lipinski definition) is 0. The Hall–Kier alpha value is -1.31. The van der Waals surface area contributed by atoms with Gasteiger partial charge >= 0.3 is 5.97 Å². The molecule has 0 N–H and O–H groups in total. The van der Waals surface area contributed by atoms with Gasteiger partial charge in [-0.3, -0.25) is 0 Å². The highest BCUT2D eigenvalue weighted by molar-refractivity contribution is 5.89. The van der Waals surface area contributed by atoms with Gasteiger partial charge in [0.05, 0.1) is 13.7 Å². The lowest BCUT2D eigenvalue weighted by atomic mass is 10.2. The Kier molecular flexibility index (Phi) is 3.98. The van der Waals surface area contributed by atoms with Crippen molar-refractivity contribution in [3.05, 3.63) is 11.5 Å². The van der Waals surface area contributed by atoms with Gasteiger partial charge in [-0.2, -0.15) is 0 Å². The maximum Gasteiger partial charge on any atom is 0.378 e. The van der Waals surface area contributed by atoms with Gasteiger partial charge in [-0.05, 0) is 13.8 Å². The summed E-state index contributed by atoms with van der Waals surface area (Å²) in [5.74, 6) is -0.970. The Balaban J connectivity index is 2.16. The van der Waals surface area contributed by atoms with E-state index in [1.165, 1.54) is 14.2 Å². The van der Waals surface area contributed by atoms with Crippen LogP contribution in [0.3, 0.4) is 0 Å². The van der Waals surface area contributed by atoms with Crippen molar-refractivity contribution < 1.29 is 33.2 Å². The topological polar surface area (TPSA) is 72.5 Å². The average molecular weight is 274 g/mol. The van der Waals surface area contributed by atoms with E-state index in [9.17, 15) is 4.79 Å². The molecule has 0 amide bonds. The predicted molar refractivity (Wildman–Crippen MR) is 61.8 cm³/mol. The zero-order chi connectivity index (χ0) is 14.0. The third-order valence-electron chi connectivity index (χ3n) is 2.81. The van der Waals surface area contributed by atoms with Crippen LogP contribution in [0, 0.1) is 0 Å². The van der Waals surface area contributed by atoms with Crippen molar-refractivity contribution in [2.75, 3.05) is 27.6 Å². The molecule has 0 bridgehead atoms. The molecule has 2 aliphatic rings. The largest absolute Gasteiger partial charge is 0.487 e. The fraction of sp³-hybridized carbons (Fsp3) is 0.750. The van der Waals surface area contributed by atoms with E-state index in [2.05, 4.69) is 0 Å². The number of carbonyl (C=O) groups is 1. The van der Waals surface area contributed by atoms with Gasteiger partial charge in [0.1, 0.15) is 6.10 Å². The summed E-state index contributed by atoms with van der Waals surface area (Å²) in [7, 11) is 2.86. The summed E-state index contributed by atoms with van der Waals surface area (Å²) in [5.41, 5.74) is 0. The quantitative estimate of drug-likeness (QED) is 0.535. The Bertz CT molecular complexity index is 388. The molecule has 1 unspecified atom stereocenters. The minimum atomic E-state index is -0.709. The second-order valence-electron chi connectivity index (χ2n) is 4.64. The molecule has 0 saturated carbocycles. The molecule has 108 valence electrons. The van der Waals surface area contributed by atoms with Gasteiger partial charge in [0.25, 0.3) is 0 Å². The fourth-order valence-electron chi connectivity index (χ4n) is 2.02. The molecule has 0 aliphatic carbocycles. The molecule has 1 saturated heterocycles. The summed E-state index contributed by atoms with van der Waals surface area (Å²) < 4.78 is 31.6. The number of ether oxygens (including phenoxy) is 6. The number of carbonyl (C=O) groups excluding carboxylic acids is 1. The lowest BCUT2D eigenvalue weighted by Crippen LogP contribution is -2.33. The van der Waals surface area contributed by atoms with Crippen molar-refractivity contribution in [3.8, 4) is 0 Å². The average Bonchev–Trinajstić information content (AvgIpc) is 2.86. The van der Waals surface area contributed by atoms with Crippen LogP contribution in [-0.2, 0) is 33.2 Å². The molecule has 0 aromatic rings. The Labute approximate surface area is 111 Å². The van der Waals surface area contributed by atoms with Crippen LogP contribution in [0.25, 0.3) is 0 Å². The number of hydrogen-bond acceptors (Lipinski definition) is 7. The van der Waals surface area contributed by atoms with E-state index in [0.717, 1.165) is 0 Å². The lowest BCUT2D eigenvalue weighted by molar-refractivity contribution is -0.164. The van der Waals surface area contributed by atoms with Gasteiger partial charge in [-0.25, -0.2) is 4.79 Å². The van der Waals surface area contributed by atoms with E-state index in [-0.39, 0.29) is 18.3 Å².